The molecular formula is C21H32N3O2S+. The fourth-order valence-corrected chi connectivity index (χ4v) is 5.28. The lowest BCUT2D eigenvalue weighted by Gasteiger charge is -2.36. The van der Waals surface area contributed by atoms with Gasteiger partial charge in [0.05, 0.1) is 5.75 Å². The first kappa shape index (κ1) is 20.2. The lowest BCUT2D eigenvalue weighted by molar-refractivity contribution is -0.714. The minimum absolute atomic E-state index is 0.00663. The molecule has 5 nitrogen and oxygen atoms in total. The number of carbonyl (C=O) groups excluding carboxylic acids is 2. The van der Waals surface area contributed by atoms with Gasteiger partial charge in [0.25, 0.3) is 11.8 Å². The molecule has 0 unspecified atom stereocenters. The first-order valence-electron chi connectivity index (χ1n) is 10.1. The predicted octanol–water partition coefficient (Wildman–Crippen LogP) is 1.77. The fourth-order valence-electron chi connectivity index (χ4n) is 3.79. The minimum atomic E-state index is -0.00663. The summed E-state index contributed by atoms with van der Waals surface area (Å²) in [6.07, 6.45) is 3.81. The molecule has 3 rings (SSSR count). The Morgan fingerprint density at radius 2 is 1.93 bits per heavy atom. The van der Waals surface area contributed by atoms with Crippen molar-refractivity contribution >= 4 is 23.6 Å². The van der Waals surface area contributed by atoms with Gasteiger partial charge < -0.3 is 15.5 Å². The summed E-state index contributed by atoms with van der Waals surface area (Å²) < 4.78 is 0. The smallest absolute Gasteiger partial charge is 0.279 e. The molecule has 27 heavy (non-hydrogen) atoms. The molecule has 2 fully saturated rings. The average Bonchev–Trinajstić information content (AvgIpc) is 3.11. The Labute approximate surface area is 166 Å². The molecule has 0 aliphatic carbocycles. The Morgan fingerprint density at radius 3 is 2.52 bits per heavy atom. The van der Waals surface area contributed by atoms with Crippen molar-refractivity contribution in [3.63, 3.8) is 0 Å². The molecule has 2 saturated heterocycles. The average molecular weight is 391 g/mol. The molecule has 2 aliphatic rings. The molecule has 2 heterocycles. The molecule has 3 N–H and O–H groups in total. The summed E-state index contributed by atoms with van der Waals surface area (Å²) in [6, 6.07) is 8.19. The molecule has 6 heteroatoms. The summed E-state index contributed by atoms with van der Waals surface area (Å²) in [5, 5.41) is 5.36. The Bertz CT molecular complexity index is 669. The molecule has 2 aliphatic heterocycles. The number of amides is 2. The highest BCUT2D eigenvalue weighted by molar-refractivity contribution is 8.00. The van der Waals surface area contributed by atoms with Crippen molar-refractivity contribution in [2.75, 3.05) is 18.8 Å². The van der Waals surface area contributed by atoms with Crippen LogP contribution >= 0.6 is 11.8 Å². The zero-order valence-electron chi connectivity index (χ0n) is 16.7. The van der Waals surface area contributed by atoms with Crippen molar-refractivity contribution in [1.82, 2.24) is 10.2 Å². The van der Waals surface area contributed by atoms with Crippen LogP contribution in [0.15, 0.2) is 24.3 Å². The van der Waals surface area contributed by atoms with Crippen LogP contribution in [0.5, 0.6) is 0 Å². The fraction of sp³-hybridized carbons (Fsp3) is 0.619. The molecule has 0 radical (unpaired) electrons. The Balaban J connectivity index is 1.54. The van der Waals surface area contributed by atoms with Gasteiger partial charge in [-0.3, -0.25) is 9.59 Å². The molecule has 1 aromatic carbocycles. The largest absolute Gasteiger partial charge is 0.348 e. The zero-order valence-corrected chi connectivity index (χ0v) is 17.5. The number of carbonyl (C=O) groups is 2. The number of nitrogens with one attached hydrogen (secondary N) is 1. The van der Waals surface area contributed by atoms with Gasteiger partial charge in [0.2, 0.25) is 0 Å². The standard InChI is InChI=1S/C21H31N3O2S/c1-4-15(3)22-19(25)18-14-27-21(23-18)10-12-24(13-11-21)20(26)17-8-6-16(5-2)7-9-17/h6-9,15,18,23H,4-5,10-14H2,1-3H3,(H,22,25)/p+1/t15-,18+/m1/s1. The number of hydrogen-bond acceptors (Lipinski definition) is 3. The van der Waals surface area contributed by atoms with Crippen LogP contribution in [0, 0.1) is 0 Å². The van der Waals surface area contributed by atoms with Crippen LogP contribution in [0.2, 0.25) is 0 Å². The van der Waals surface area contributed by atoms with Crippen LogP contribution in [0.3, 0.4) is 0 Å². The Morgan fingerprint density at radius 1 is 1.26 bits per heavy atom. The second-order valence-corrected chi connectivity index (χ2v) is 9.24. The maximum absolute atomic E-state index is 12.8. The van der Waals surface area contributed by atoms with E-state index >= 15 is 0 Å². The number of rotatable bonds is 5. The molecule has 1 aromatic rings. The topological polar surface area (TPSA) is 66.0 Å². The van der Waals surface area contributed by atoms with Crippen LogP contribution in [-0.4, -0.2) is 52.5 Å². The van der Waals surface area contributed by atoms with E-state index in [4.69, 9.17) is 0 Å². The van der Waals surface area contributed by atoms with Gasteiger partial charge in [0, 0.05) is 37.5 Å². The maximum Gasteiger partial charge on any atom is 0.279 e. The third kappa shape index (κ3) is 4.66. The second-order valence-electron chi connectivity index (χ2n) is 7.81. The highest BCUT2D eigenvalue weighted by Gasteiger charge is 2.48. The van der Waals surface area contributed by atoms with Gasteiger partial charge in [-0.2, -0.15) is 0 Å². The van der Waals surface area contributed by atoms with Crippen LogP contribution in [0.25, 0.3) is 0 Å². The van der Waals surface area contributed by atoms with E-state index in [0.29, 0.717) is 0 Å². The van der Waals surface area contributed by atoms with E-state index in [-0.39, 0.29) is 28.8 Å². The number of piperidine rings is 1. The van der Waals surface area contributed by atoms with Gasteiger partial charge in [0.1, 0.15) is 4.87 Å². The van der Waals surface area contributed by atoms with Crippen LogP contribution in [-0.2, 0) is 11.2 Å². The number of benzene rings is 1. The molecule has 0 bridgehead atoms. The molecule has 2 atom stereocenters. The van der Waals surface area contributed by atoms with Gasteiger partial charge >= 0.3 is 0 Å². The molecular weight excluding hydrogens is 358 g/mol. The van der Waals surface area contributed by atoms with Crippen LogP contribution in [0.4, 0.5) is 0 Å². The zero-order chi connectivity index (χ0) is 19.4. The van der Waals surface area contributed by atoms with E-state index in [9.17, 15) is 9.59 Å². The lowest BCUT2D eigenvalue weighted by Crippen LogP contribution is -3.00. The monoisotopic (exact) mass is 390 g/mol. The summed E-state index contributed by atoms with van der Waals surface area (Å²) in [5.41, 5.74) is 2.03. The van der Waals surface area contributed by atoms with E-state index in [0.717, 1.165) is 50.1 Å². The number of quaternary nitrogens is 1. The highest BCUT2D eigenvalue weighted by atomic mass is 32.2. The first-order chi connectivity index (χ1) is 13.0. The van der Waals surface area contributed by atoms with Gasteiger partial charge in [-0.1, -0.05) is 37.7 Å². The first-order valence-corrected chi connectivity index (χ1v) is 11.1. The van der Waals surface area contributed by atoms with Crippen molar-refractivity contribution < 1.29 is 14.9 Å². The van der Waals surface area contributed by atoms with Crippen LogP contribution < -0.4 is 10.6 Å². The van der Waals surface area contributed by atoms with Gasteiger partial charge in [0.15, 0.2) is 6.04 Å². The van der Waals surface area contributed by atoms with E-state index < -0.39 is 0 Å². The van der Waals surface area contributed by atoms with E-state index in [2.05, 4.69) is 24.5 Å². The van der Waals surface area contributed by atoms with E-state index in [1.54, 1.807) is 0 Å². The molecule has 0 aromatic heterocycles. The summed E-state index contributed by atoms with van der Waals surface area (Å²) in [7, 11) is 0. The van der Waals surface area contributed by atoms with Crippen molar-refractivity contribution in [3.8, 4) is 0 Å². The number of nitrogens with zero attached hydrogens (tertiary/aromatic N) is 1. The number of nitrogens with two attached hydrogens (primary N) is 1. The number of hydrogen-bond donors (Lipinski definition) is 2. The maximum atomic E-state index is 12.8. The minimum Gasteiger partial charge on any atom is -0.348 e. The van der Waals surface area contributed by atoms with Gasteiger partial charge in [-0.15, -0.1) is 0 Å². The van der Waals surface area contributed by atoms with Crippen molar-refractivity contribution in [2.45, 2.75) is 63.4 Å². The number of thioether (sulfide) groups is 1. The van der Waals surface area contributed by atoms with E-state index in [1.165, 1.54) is 5.56 Å². The second kappa shape index (κ2) is 8.65. The summed E-state index contributed by atoms with van der Waals surface area (Å²) >= 11 is 1.90. The molecule has 148 valence electrons. The number of likely N-dealkylation sites (tertiary alicyclic amines) is 1. The summed E-state index contributed by atoms with van der Waals surface area (Å²) in [6.45, 7) is 7.78. The molecule has 1 spiro atoms. The highest BCUT2D eigenvalue weighted by Crippen LogP contribution is 2.34. The Kier molecular flexibility index (Phi) is 6.48. The number of aryl methyl sites for hydroxylation is 1. The predicted molar refractivity (Wildman–Crippen MR) is 110 cm³/mol. The quantitative estimate of drug-likeness (QED) is 0.805. The molecule has 2 amide bonds. The summed E-state index contributed by atoms with van der Waals surface area (Å²) in [5.74, 6) is 1.14. The lowest BCUT2D eigenvalue weighted by atomic mass is 10.0. The SMILES string of the molecule is CCc1ccc(C(=O)N2CCC3(CC2)[NH2+][C@H](C(=O)N[C@H](C)CC)CS3)cc1. The van der Waals surface area contributed by atoms with Crippen molar-refractivity contribution in [3.05, 3.63) is 35.4 Å². The van der Waals surface area contributed by atoms with Gasteiger partial charge in [-0.05, 0) is 37.5 Å². The van der Waals surface area contributed by atoms with Crippen molar-refractivity contribution in [1.29, 1.82) is 0 Å². The Hall–Kier alpha value is -1.53. The normalized spacial score (nSPS) is 22.6. The van der Waals surface area contributed by atoms with E-state index in [1.807, 2.05) is 47.9 Å². The summed E-state index contributed by atoms with van der Waals surface area (Å²) in [4.78, 5) is 27.2. The van der Waals surface area contributed by atoms with Crippen molar-refractivity contribution in [2.24, 2.45) is 0 Å². The van der Waals surface area contributed by atoms with Crippen LogP contribution in [0.1, 0.15) is 56.0 Å². The van der Waals surface area contributed by atoms with Gasteiger partial charge in [-0.25, -0.2) is 0 Å². The third-order valence-corrected chi connectivity index (χ3v) is 7.54. The molecule has 0 saturated carbocycles. The third-order valence-electron chi connectivity index (χ3n) is 5.90.